The number of carbonyl (C=O) groups excluding carboxylic acids is 1. The van der Waals surface area contributed by atoms with Gasteiger partial charge in [-0.1, -0.05) is 15.9 Å². The van der Waals surface area contributed by atoms with E-state index in [0.29, 0.717) is 4.47 Å². The number of carbonyl (C=O) groups is 2. The van der Waals surface area contributed by atoms with E-state index in [9.17, 15) is 18.0 Å². The smallest absolute Gasteiger partial charge is 0.326 e. The number of aliphatic carboxylic acids is 1. The molecule has 1 amide bonds. The van der Waals surface area contributed by atoms with Crippen LogP contribution in [0, 0.1) is 0 Å². The van der Waals surface area contributed by atoms with E-state index in [4.69, 9.17) is 5.11 Å². The average Bonchev–Trinajstić information content (AvgIpc) is 2.44. The van der Waals surface area contributed by atoms with Crippen LogP contribution in [-0.4, -0.2) is 48.1 Å². The fourth-order valence-corrected chi connectivity index (χ4v) is 3.51. The van der Waals surface area contributed by atoms with Gasteiger partial charge in [-0.25, -0.2) is 13.2 Å². The second-order valence-corrected chi connectivity index (χ2v) is 8.81. The summed E-state index contributed by atoms with van der Waals surface area (Å²) in [5.74, 6) is -1.97. The van der Waals surface area contributed by atoms with Crippen molar-refractivity contribution in [1.29, 1.82) is 0 Å². The first-order valence-electron chi connectivity index (χ1n) is 6.43. The van der Waals surface area contributed by atoms with Crippen LogP contribution in [0.4, 0.5) is 0 Å². The maximum atomic E-state index is 12.7. The zero-order valence-corrected chi connectivity index (χ0v) is 15.1. The lowest BCUT2D eigenvalue weighted by atomic mass is 10.1. The molecular formula is C14H18BrNO5S. The lowest BCUT2D eigenvalue weighted by Gasteiger charge is -2.31. The van der Waals surface area contributed by atoms with Crippen molar-refractivity contribution >= 4 is 37.6 Å². The molecule has 0 aliphatic carbocycles. The van der Waals surface area contributed by atoms with Crippen LogP contribution >= 0.6 is 15.9 Å². The minimum absolute atomic E-state index is 0.00503. The number of likely N-dealkylation sites (N-methyl/N-ethyl adjacent to an activating group) is 1. The Balaban J connectivity index is 3.24. The SMILES string of the molecule is CC(C(=O)O)N(C)C(=O)C(C)(C)S(=O)(=O)c1ccc(Br)cc1. The molecule has 1 unspecified atom stereocenters. The van der Waals surface area contributed by atoms with Crippen molar-refractivity contribution < 1.29 is 23.1 Å². The van der Waals surface area contributed by atoms with Gasteiger partial charge < -0.3 is 10.0 Å². The molecule has 0 radical (unpaired) electrons. The van der Waals surface area contributed by atoms with E-state index < -0.39 is 32.5 Å². The zero-order chi connectivity index (χ0) is 17.3. The number of carboxylic acids is 1. The predicted molar refractivity (Wildman–Crippen MR) is 85.3 cm³/mol. The molecule has 0 aromatic heterocycles. The third-order valence-electron chi connectivity index (χ3n) is 3.57. The first-order chi connectivity index (χ1) is 9.92. The standard InChI is InChI=1S/C14H18BrNO5S/c1-9(12(17)18)16(4)13(19)14(2,3)22(20,21)11-7-5-10(15)6-8-11/h5-9H,1-4H3,(H,17,18). The molecule has 8 heteroatoms. The van der Waals surface area contributed by atoms with Crippen molar-refractivity contribution in [3.05, 3.63) is 28.7 Å². The Bertz CT molecular complexity index is 682. The van der Waals surface area contributed by atoms with Gasteiger partial charge in [0.2, 0.25) is 5.91 Å². The predicted octanol–water partition coefficient (Wildman–Crippen LogP) is 1.93. The summed E-state index contributed by atoms with van der Waals surface area (Å²) in [4.78, 5) is 24.4. The first kappa shape index (κ1) is 18.6. The molecule has 0 bridgehead atoms. The Labute approximate surface area is 138 Å². The summed E-state index contributed by atoms with van der Waals surface area (Å²) >= 11 is 3.21. The van der Waals surface area contributed by atoms with Crippen LogP contribution in [0.2, 0.25) is 0 Å². The maximum absolute atomic E-state index is 12.7. The highest BCUT2D eigenvalue weighted by atomic mass is 79.9. The van der Waals surface area contributed by atoms with Crippen LogP contribution in [0.3, 0.4) is 0 Å². The van der Waals surface area contributed by atoms with E-state index in [1.807, 2.05) is 0 Å². The van der Waals surface area contributed by atoms with Crippen molar-refractivity contribution in [1.82, 2.24) is 4.90 Å². The largest absolute Gasteiger partial charge is 0.480 e. The number of sulfone groups is 1. The summed E-state index contributed by atoms with van der Waals surface area (Å²) in [6, 6.07) is 4.81. The van der Waals surface area contributed by atoms with Gasteiger partial charge in [-0.2, -0.15) is 0 Å². The van der Waals surface area contributed by atoms with Gasteiger partial charge in [0.1, 0.15) is 10.8 Å². The summed E-state index contributed by atoms with van der Waals surface area (Å²) in [7, 11) is -2.69. The van der Waals surface area contributed by atoms with Gasteiger partial charge in [-0.15, -0.1) is 0 Å². The fourth-order valence-electron chi connectivity index (χ4n) is 1.79. The van der Waals surface area contributed by atoms with Crippen LogP contribution in [0.15, 0.2) is 33.6 Å². The highest BCUT2D eigenvalue weighted by Crippen LogP contribution is 2.28. The average molecular weight is 392 g/mol. The number of amides is 1. The van der Waals surface area contributed by atoms with E-state index in [-0.39, 0.29) is 4.90 Å². The normalized spacial score (nSPS) is 13.5. The molecule has 1 aromatic carbocycles. The molecular weight excluding hydrogens is 374 g/mol. The number of halogens is 1. The Morgan fingerprint density at radius 1 is 1.23 bits per heavy atom. The highest BCUT2D eigenvalue weighted by Gasteiger charge is 2.45. The van der Waals surface area contributed by atoms with Gasteiger partial charge in [0.25, 0.3) is 0 Å². The summed E-state index contributed by atoms with van der Waals surface area (Å²) in [5.41, 5.74) is 0. The van der Waals surface area contributed by atoms with Gasteiger partial charge in [-0.05, 0) is 45.0 Å². The van der Waals surface area contributed by atoms with Crippen LogP contribution in [0.5, 0.6) is 0 Å². The highest BCUT2D eigenvalue weighted by molar-refractivity contribution is 9.10. The van der Waals surface area contributed by atoms with Gasteiger partial charge in [0.15, 0.2) is 9.84 Å². The van der Waals surface area contributed by atoms with Crippen molar-refractivity contribution in [2.75, 3.05) is 7.05 Å². The second kappa shape index (κ2) is 6.37. The summed E-state index contributed by atoms with van der Waals surface area (Å²) in [5, 5.41) is 8.97. The molecule has 6 nitrogen and oxygen atoms in total. The molecule has 0 aliphatic rings. The van der Waals surface area contributed by atoms with Crippen LogP contribution in [-0.2, 0) is 19.4 Å². The molecule has 0 saturated heterocycles. The summed E-state index contributed by atoms with van der Waals surface area (Å²) in [6.07, 6.45) is 0. The third kappa shape index (κ3) is 3.33. The number of benzene rings is 1. The molecule has 0 saturated carbocycles. The molecule has 0 aliphatic heterocycles. The maximum Gasteiger partial charge on any atom is 0.326 e. The van der Waals surface area contributed by atoms with E-state index >= 15 is 0 Å². The minimum atomic E-state index is -3.96. The van der Waals surface area contributed by atoms with Gasteiger partial charge >= 0.3 is 5.97 Å². The van der Waals surface area contributed by atoms with Crippen molar-refractivity contribution in [2.45, 2.75) is 36.5 Å². The molecule has 22 heavy (non-hydrogen) atoms. The molecule has 1 N–H and O–H groups in total. The summed E-state index contributed by atoms with van der Waals surface area (Å²) in [6.45, 7) is 3.87. The summed E-state index contributed by atoms with van der Waals surface area (Å²) < 4.78 is 24.3. The van der Waals surface area contributed by atoms with Gasteiger partial charge in [0, 0.05) is 11.5 Å². The Kier molecular flexibility index (Phi) is 5.40. The van der Waals surface area contributed by atoms with Gasteiger partial charge in [-0.3, -0.25) is 4.79 Å². The molecule has 122 valence electrons. The van der Waals surface area contributed by atoms with Crippen LogP contribution in [0.1, 0.15) is 20.8 Å². The first-order valence-corrected chi connectivity index (χ1v) is 8.70. The molecule has 0 heterocycles. The fraction of sp³-hybridized carbons (Fsp3) is 0.429. The number of carboxylic acid groups (broad SMARTS) is 1. The lowest BCUT2D eigenvalue weighted by Crippen LogP contribution is -2.52. The molecule has 1 atom stereocenters. The third-order valence-corrected chi connectivity index (χ3v) is 6.51. The molecule has 0 spiro atoms. The topological polar surface area (TPSA) is 91.8 Å². The quantitative estimate of drug-likeness (QED) is 0.827. The molecule has 1 rings (SSSR count). The van der Waals surface area contributed by atoms with E-state index in [1.165, 1.54) is 40.0 Å². The van der Waals surface area contributed by atoms with E-state index in [2.05, 4.69) is 15.9 Å². The Hall–Kier alpha value is -1.41. The van der Waals surface area contributed by atoms with Crippen LogP contribution < -0.4 is 0 Å². The minimum Gasteiger partial charge on any atom is -0.480 e. The lowest BCUT2D eigenvalue weighted by molar-refractivity contribution is -0.148. The second-order valence-electron chi connectivity index (χ2n) is 5.40. The van der Waals surface area contributed by atoms with Crippen molar-refractivity contribution in [3.8, 4) is 0 Å². The van der Waals surface area contributed by atoms with Gasteiger partial charge in [0.05, 0.1) is 4.90 Å². The number of hydrogen-bond donors (Lipinski definition) is 1. The van der Waals surface area contributed by atoms with E-state index in [1.54, 1.807) is 12.1 Å². The Morgan fingerprint density at radius 3 is 2.09 bits per heavy atom. The molecule has 1 aromatic rings. The number of hydrogen-bond acceptors (Lipinski definition) is 4. The number of rotatable bonds is 5. The van der Waals surface area contributed by atoms with E-state index in [0.717, 1.165) is 4.90 Å². The zero-order valence-electron chi connectivity index (χ0n) is 12.7. The van der Waals surface area contributed by atoms with Crippen LogP contribution in [0.25, 0.3) is 0 Å². The monoisotopic (exact) mass is 391 g/mol. The number of nitrogens with zero attached hydrogens (tertiary/aromatic N) is 1. The molecule has 0 fully saturated rings. The van der Waals surface area contributed by atoms with Crippen molar-refractivity contribution in [2.24, 2.45) is 0 Å². The Morgan fingerprint density at radius 2 is 1.68 bits per heavy atom. The van der Waals surface area contributed by atoms with Crippen molar-refractivity contribution in [3.63, 3.8) is 0 Å².